The number of hydrogen-bond acceptors (Lipinski definition) is 6. The zero-order valence-electron chi connectivity index (χ0n) is 14.4. The molecule has 0 spiro atoms. The van der Waals surface area contributed by atoms with Gasteiger partial charge in [-0.2, -0.15) is 5.26 Å². The molecule has 0 saturated heterocycles. The summed E-state index contributed by atoms with van der Waals surface area (Å²) in [6.07, 6.45) is 0. The first-order valence-corrected chi connectivity index (χ1v) is 9.47. The third kappa shape index (κ3) is 4.15. The molecule has 4 N–H and O–H groups in total. The SMILES string of the molecule is Cc1ccc(S(=O)(=O)NNC/C(O)=C(\C#N)c2nc3ccccc3[nH]2)cc1. The number of nitrogens with one attached hydrogen (secondary N) is 3. The number of H-pyrrole nitrogens is 1. The van der Waals surface area contributed by atoms with Crippen LogP contribution in [0.4, 0.5) is 0 Å². The van der Waals surface area contributed by atoms with E-state index in [0.29, 0.717) is 5.52 Å². The predicted molar refractivity (Wildman–Crippen MR) is 101 cm³/mol. The molecule has 1 heterocycles. The molecule has 8 nitrogen and oxygen atoms in total. The molecule has 0 bridgehead atoms. The molecule has 3 aromatic rings. The summed E-state index contributed by atoms with van der Waals surface area (Å²) < 4.78 is 24.4. The van der Waals surface area contributed by atoms with Crippen molar-refractivity contribution in [1.82, 2.24) is 20.2 Å². The first kappa shape index (κ1) is 18.6. The second kappa shape index (κ2) is 7.59. The number of aromatic nitrogens is 2. The second-order valence-electron chi connectivity index (χ2n) is 5.81. The number of aryl methyl sites for hydroxylation is 1. The Morgan fingerprint density at radius 3 is 2.59 bits per heavy atom. The van der Waals surface area contributed by atoms with E-state index in [0.717, 1.165) is 11.1 Å². The topological polar surface area (TPSA) is 131 Å². The summed E-state index contributed by atoms with van der Waals surface area (Å²) >= 11 is 0. The number of nitrogens with zero attached hydrogens (tertiary/aromatic N) is 2. The summed E-state index contributed by atoms with van der Waals surface area (Å²) in [6, 6.07) is 15.4. The number of aromatic amines is 1. The van der Waals surface area contributed by atoms with Gasteiger partial charge in [0.05, 0.1) is 22.5 Å². The maximum Gasteiger partial charge on any atom is 0.253 e. The van der Waals surface area contributed by atoms with E-state index < -0.39 is 10.0 Å². The fourth-order valence-corrected chi connectivity index (χ4v) is 3.28. The summed E-state index contributed by atoms with van der Waals surface area (Å²) in [7, 11) is -3.79. The number of para-hydroxylation sites is 2. The van der Waals surface area contributed by atoms with Crippen molar-refractivity contribution in [2.45, 2.75) is 11.8 Å². The number of fused-ring (bicyclic) bond motifs is 1. The number of benzene rings is 2. The van der Waals surface area contributed by atoms with Crippen LogP contribution >= 0.6 is 0 Å². The van der Waals surface area contributed by atoms with Gasteiger partial charge in [-0.25, -0.2) is 18.8 Å². The lowest BCUT2D eigenvalue weighted by atomic mass is 10.2. The quantitative estimate of drug-likeness (QED) is 0.293. The van der Waals surface area contributed by atoms with Gasteiger partial charge in [0.25, 0.3) is 10.0 Å². The van der Waals surface area contributed by atoms with Gasteiger partial charge in [-0.05, 0) is 31.2 Å². The van der Waals surface area contributed by atoms with Crippen molar-refractivity contribution >= 4 is 26.6 Å². The smallest absolute Gasteiger partial charge is 0.253 e. The largest absolute Gasteiger partial charge is 0.509 e. The average molecular weight is 383 g/mol. The molecule has 0 aliphatic rings. The van der Waals surface area contributed by atoms with E-state index in [4.69, 9.17) is 0 Å². The minimum Gasteiger partial charge on any atom is -0.509 e. The van der Waals surface area contributed by atoms with Crippen LogP contribution in [0.1, 0.15) is 11.4 Å². The van der Waals surface area contributed by atoms with Crippen LogP contribution in [0.25, 0.3) is 16.6 Å². The Labute approximate surface area is 156 Å². The molecule has 0 amide bonds. The monoisotopic (exact) mass is 383 g/mol. The molecule has 0 unspecified atom stereocenters. The highest BCUT2D eigenvalue weighted by Crippen LogP contribution is 2.18. The summed E-state index contributed by atoms with van der Waals surface area (Å²) in [5, 5.41) is 19.5. The summed E-state index contributed by atoms with van der Waals surface area (Å²) in [5.74, 6) is -0.137. The lowest BCUT2D eigenvalue weighted by molar-refractivity contribution is 0.388. The van der Waals surface area contributed by atoms with Crippen molar-refractivity contribution in [3.05, 3.63) is 65.7 Å². The van der Waals surface area contributed by atoms with Gasteiger partial charge >= 0.3 is 0 Å². The summed E-state index contributed by atoms with van der Waals surface area (Å²) in [5.41, 5.74) is 4.66. The Bertz CT molecular complexity index is 1110. The molecule has 1 aromatic heterocycles. The first-order chi connectivity index (χ1) is 12.9. The Morgan fingerprint density at radius 1 is 1.22 bits per heavy atom. The van der Waals surface area contributed by atoms with E-state index in [9.17, 15) is 18.8 Å². The van der Waals surface area contributed by atoms with Crippen LogP contribution in [0, 0.1) is 18.3 Å². The Kier molecular flexibility index (Phi) is 5.23. The van der Waals surface area contributed by atoms with Crippen molar-refractivity contribution in [2.75, 3.05) is 6.54 Å². The van der Waals surface area contributed by atoms with Gasteiger partial charge in [-0.3, -0.25) is 0 Å². The molecule has 0 saturated carbocycles. The molecule has 3 rings (SSSR count). The molecule has 0 fully saturated rings. The molecular weight excluding hydrogens is 366 g/mol. The lowest BCUT2D eigenvalue weighted by Gasteiger charge is -2.09. The molecule has 0 atom stereocenters. The van der Waals surface area contributed by atoms with Gasteiger partial charge in [-0.15, -0.1) is 4.83 Å². The molecule has 0 aliphatic heterocycles. The summed E-state index contributed by atoms with van der Waals surface area (Å²) in [4.78, 5) is 9.46. The third-order valence-corrected chi connectivity index (χ3v) is 5.13. The normalized spacial score (nSPS) is 12.6. The highest BCUT2D eigenvalue weighted by Gasteiger charge is 2.16. The van der Waals surface area contributed by atoms with Crippen LogP contribution < -0.4 is 10.3 Å². The van der Waals surface area contributed by atoms with Gasteiger partial charge in [0.1, 0.15) is 17.4 Å². The fraction of sp³-hybridized carbons (Fsp3) is 0.111. The fourth-order valence-electron chi connectivity index (χ4n) is 2.40. The molecule has 138 valence electrons. The number of hydrogen-bond donors (Lipinski definition) is 4. The molecule has 2 aromatic carbocycles. The van der Waals surface area contributed by atoms with Crippen LogP contribution in [0.3, 0.4) is 0 Å². The Hall–Kier alpha value is -3.19. The lowest BCUT2D eigenvalue weighted by Crippen LogP contribution is -2.38. The Morgan fingerprint density at radius 2 is 1.93 bits per heavy atom. The highest BCUT2D eigenvalue weighted by molar-refractivity contribution is 7.89. The number of sulfonamides is 1. The van der Waals surface area contributed by atoms with Crippen LogP contribution in [0.5, 0.6) is 0 Å². The minimum atomic E-state index is -3.79. The van der Waals surface area contributed by atoms with E-state index in [2.05, 4.69) is 20.2 Å². The standard InChI is InChI=1S/C18H17N5O3S/c1-12-6-8-13(9-7-12)27(25,26)23-20-11-17(24)14(10-19)18-21-15-4-2-3-5-16(15)22-18/h2-9,20,23-24H,11H2,1H3,(H,21,22)/b17-14-. The number of aliphatic hydroxyl groups excluding tert-OH is 1. The van der Waals surface area contributed by atoms with Gasteiger partial charge in [0, 0.05) is 0 Å². The zero-order valence-corrected chi connectivity index (χ0v) is 15.2. The minimum absolute atomic E-state index is 0.0757. The van der Waals surface area contributed by atoms with Crippen LogP contribution in [0.2, 0.25) is 0 Å². The summed E-state index contributed by atoms with van der Waals surface area (Å²) in [6.45, 7) is 1.57. The van der Waals surface area contributed by atoms with Gasteiger partial charge in [0.15, 0.2) is 5.82 Å². The second-order valence-corrected chi connectivity index (χ2v) is 7.49. The predicted octanol–water partition coefficient (Wildman–Crippen LogP) is 2.15. The maximum absolute atomic E-state index is 12.2. The van der Waals surface area contributed by atoms with Crippen molar-refractivity contribution in [3.63, 3.8) is 0 Å². The zero-order chi connectivity index (χ0) is 19.4. The van der Waals surface area contributed by atoms with Crippen molar-refractivity contribution in [3.8, 4) is 6.07 Å². The third-order valence-electron chi connectivity index (χ3n) is 3.82. The number of aliphatic hydroxyl groups is 1. The molecule has 0 radical (unpaired) electrons. The number of allylic oxidation sites excluding steroid dienone is 1. The number of hydrazine groups is 1. The van der Waals surface area contributed by atoms with Crippen LogP contribution in [-0.2, 0) is 10.0 Å². The number of imidazole rings is 1. The highest BCUT2D eigenvalue weighted by atomic mass is 32.2. The van der Waals surface area contributed by atoms with Crippen molar-refractivity contribution in [2.24, 2.45) is 0 Å². The first-order valence-electron chi connectivity index (χ1n) is 7.99. The van der Waals surface area contributed by atoms with Gasteiger partial charge in [-0.1, -0.05) is 29.8 Å². The van der Waals surface area contributed by atoms with E-state index in [-0.39, 0.29) is 28.6 Å². The van der Waals surface area contributed by atoms with Gasteiger partial charge in [0.2, 0.25) is 0 Å². The molecular formula is C18H17N5O3S. The molecule has 9 heteroatoms. The molecule has 0 aliphatic carbocycles. The number of nitriles is 1. The van der Waals surface area contributed by atoms with Crippen LogP contribution in [0.15, 0.2) is 59.2 Å². The van der Waals surface area contributed by atoms with Crippen LogP contribution in [-0.4, -0.2) is 30.0 Å². The van der Waals surface area contributed by atoms with Crippen molar-refractivity contribution < 1.29 is 13.5 Å². The van der Waals surface area contributed by atoms with E-state index in [1.807, 2.05) is 25.1 Å². The Balaban J connectivity index is 1.73. The molecule has 27 heavy (non-hydrogen) atoms. The maximum atomic E-state index is 12.2. The average Bonchev–Trinajstić information content (AvgIpc) is 3.06. The number of rotatable bonds is 6. The van der Waals surface area contributed by atoms with Gasteiger partial charge < -0.3 is 10.1 Å². The van der Waals surface area contributed by atoms with E-state index in [1.165, 1.54) is 12.1 Å². The van der Waals surface area contributed by atoms with Crippen molar-refractivity contribution in [1.29, 1.82) is 5.26 Å². The van der Waals surface area contributed by atoms with E-state index in [1.54, 1.807) is 24.3 Å². The van der Waals surface area contributed by atoms with E-state index >= 15 is 0 Å².